The fraction of sp³-hybridized carbons (Fsp3) is 0.389. The number of guanidine groups is 1. The summed E-state index contributed by atoms with van der Waals surface area (Å²) in [6.45, 7) is 2.51. The first kappa shape index (κ1) is 20.9. The molecule has 0 saturated carbocycles. The van der Waals surface area contributed by atoms with E-state index in [1.807, 2.05) is 18.2 Å². The number of halogens is 1. The Labute approximate surface area is 174 Å². The van der Waals surface area contributed by atoms with E-state index in [0.29, 0.717) is 16.7 Å². The fourth-order valence-electron chi connectivity index (χ4n) is 3.03. The zero-order valence-corrected chi connectivity index (χ0v) is 17.9. The molecule has 1 saturated heterocycles. The summed E-state index contributed by atoms with van der Waals surface area (Å²) in [6.07, 6.45) is 0.984. The van der Waals surface area contributed by atoms with Gasteiger partial charge >= 0.3 is 0 Å². The maximum absolute atomic E-state index is 12.1. The van der Waals surface area contributed by atoms with Crippen molar-refractivity contribution in [3.05, 3.63) is 46.8 Å². The quantitative estimate of drug-likeness (QED) is 0.348. The van der Waals surface area contributed by atoms with Gasteiger partial charge in [-0.2, -0.15) is 0 Å². The maximum atomic E-state index is 12.1. The molecule has 1 atom stereocenters. The van der Waals surface area contributed by atoms with Gasteiger partial charge in [0.15, 0.2) is 5.96 Å². The zero-order chi connectivity index (χ0) is 20.0. The molecule has 152 valence electrons. The predicted molar refractivity (Wildman–Crippen MR) is 116 cm³/mol. The van der Waals surface area contributed by atoms with E-state index >= 15 is 0 Å². The average molecular weight is 442 g/mol. The lowest BCUT2D eigenvalue weighted by Crippen LogP contribution is -2.46. The lowest BCUT2D eigenvalue weighted by atomic mass is 10.3. The van der Waals surface area contributed by atoms with Crippen molar-refractivity contribution in [2.75, 3.05) is 38.1 Å². The molecular weight excluding hydrogens is 418 g/mol. The lowest BCUT2D eigenvalue weighted by Gasteiger charge is -2.20. The zero-order valence-electron chi connectivity index (χ0n) is 15.6. The Hall–Kier alpha value is -1.81. The number of benzene rings is 1. The maximum Gasteiger partial charge on any atom is 0.250 e. The van der Waals surface area contributed by atoms with Crippen LogP contribution < -0.4 is 20.3 Å². The van der Waals surface area contributed by atoms with E-state index in [1.165, 1.54) is 11.3 Å². The van der Waals surface area contributed by atoms with Crippen molar-refractivity contribution in [3.63, 3.8) is 0 Å². The molecule has 0 bridgehead atoms. The second kappa shape index (κ2) is 9.60. The first-order chi connectivity index (χ1) is 13.5. The van der Waals surface area contributed by atoms with Gasteiger partial charge in [-0.05, 0) is 36.1 Å². The Morgan fingerprint density at radius 2 is 2.18 bits per heavy atom. The highest BCUT2D eigenvalue weighted by molar-refractivity contribution is 7.91. The van der Waals surface area contributed by atoms with Crippen LogP contribution >= 0.6 is 22.9 Å². The topological polar surface area (TPSA) is 85.8 Å². The Morgan fingerprint density at radius 3 is 2.89 bits per heavy atom. The number of nitrogens with one attached hydrogen (secondary N) is 3. The molecule has 28 heavy (non-hydrogen) atoms. The Morgan fingerprint density at radius 1 is 1.32 bits per heavy atom. The van der Waals surface area contributed by atoms with Crippen LogP contribution in [0.1, 0.15) is 6.42 Å². The molecule has 7 nitrogen and oxygen atoms in total. The molecule has 1 aliphatic heterocycles. The third-order valence-electron chi connectivity index (χ3n) is 4.40. The fourth-order valence-corrected chi connectivity index (χ4v) is 5.28. The van der Waals surface area contributed by atoms with E-state index in [2.05, 4.69) is 31.3 Å². The number of rotatable bonds is 7. The molecule has 1 fully saturated rings. The molecule has 1 aliphatic rings. The standard InChI is InChI=1S/C18H24ClN5O2S2/c1-20-18(21-8-9-22-28(25,26)17-6-3-11-27-17)23-15-7-10-24(13-15)16-5-2-4-14(19)12-16/h2-6,11-12,15,22H,7-10,13H2,1H3,(H2,20,21,23). The Bertz CT molecular complexity index is 902. The Kier molecular flexibility index (Phi) is 7.17. The van der Waals surface area contributed by atoms with Gasteiger partial charge in [0.2, 0.25) is 10.0 Å². The molecule has 0 spiro atoms. The summed E-state index contributed by atoms with van der Waals surface area (Å²) >= 11 is 7.28. The smallest absolute Gasteiger partial charge is 0.250 e. The lowest BCUT2D eigenvalue weighted by molar-refractivity contribution is 0.582. The number of aliphatic imine (C=N–C) groups is 1. The van der Waals surface area contributed by atoms with Gasteiger partial charge < -0.3 is 15.5 Å². The van der Waals surface area contributed by atoms with Gasteiger partial charge in [0.25, 0.3) is 0 Å². The van der Waals surface area contributed by atoms with Crippen LogP contribution in [0.25, 0.3) is 0 Å². The van der Waals surface area contributed by atoms with Crippen LogP contribution in [0.4, 0.5) is 5.69 Å². The van der Waals surface area contributed by atoms with Crippen LogP contribution in [0.5, 0.6) is 0 Å². The van der Waals surface area contributed by atoms with Crippen LogP contribution in [0.2, 0.25) is 5.02 Å². The predicted octanol–water partition coefficient (Wildman–Crippen LogP) is 2.12. The van der Waals surface area contributed by atoms with E-state index in [0.717, 1.165) is 30.2 Å². The van der Waals surface area contributed by atoms with Gasteiger partial charge in [0.05, 0.1) is 0 Å². The monoisotopic (exact) mass is 441 g/mol. The summed E-state index contributed by atoms with van der Waals surface area (Å²) < 4.78 is 27.1. The van der Waals surface area contributed by atoms with Gasteiger partial charge in [0.1, 0.15) is 4.21 Å². The van der Waals surface area contributed by atoms with Crippen LogP contribution in [-0.4, -0.2) is 53.6 Å². The summed E-state index contributed by atoms with van der Waals surface area (Å²) in [4.78, 5) is 6.51. The summed E-state index contributed by atoms with van der Waals surface area (Å²) in [7, 11) is -1.73. The van der Waals surface area contributed by atoms with Crippen molar-refractivity contribution in [1.29, 1.82) is 0 Å². The molecule has 3 N–H and O–H groups in total. The molecular formula is C18H24ClN5O2S2. The molecule has 1 aromatic carbocycles. The van der Waals surface area contributed by atoms with Crippen LogP contribution in [0.3, 0.4) is 0 Å². The number of thiophene rings is 1. The average Bonchev–Trinajstić information content (AvgIpc) is 3.36. The largest absolute Gasteiger partial charge is 0.369 e. The number of hydrogen-bond donors (Lipinski definition) is 3. The third-order valence-corrected chi connectivity index (χ3v) is 7.49. The molecule has 0 radical (unpaired) electrons. The van der Waals surface area contributed by atoms with Crippen molar-refractivity contribution >= 4 is 44.6 Å². The van der Waals surface area contributed by atoms with Crippen molar-refractivity contribution in [3.8, 4) is 0 Å². The van der Waals surface area contributed by atoms with Gasteiger partial charge in [-0.25, -0.2) is 13.1 Å². The first-order valence-electron chi connectivity index (χ1n) is 8.99. The minimum atomic E-state index is -3.43. The summed E-state index contributed by atoms with van der Waals surface area (Å²) in [5.74, 6) is 0.660. The minimum absolute atomic E-state index is 0.257. The molecule has 3 rings (SSSR count). The van der Waals surface area contributed by atoms with E-state index in [4.69, 9.17) is 11.6 Å². The number of hydrogen-bond acceptors (Lipinski definition) is 5. The highest BCUT2D eigenvalue weighted by Gasteiger charge is 2.23. The van der Waals surface area contributed by atoms with Gasteiger partial charge in [-0.1, -0.05) is 23.7 Å². The van der Waals surface area contributed by atoms with Gasteiger partial charge in [-0.15, -0.1) is 11.3 Å². The highest BCUT2D eigenvalue weighted by atomic mass is 35.5. The molecule has 0 aliphatic carbocycles. The van der Waals surface area contributed by atoms with Crippen molar-refractivity contribution in [2.24, 2.45) is 4.99 Å². The van der Waals surface area contributed by atoms with Gasteiger partial charge in [-0.3, -0.25) is 4.99 Å². The van der Waals surface area contributed by atoms with Crippen molar-refractivity contribution in [2.45, 2.75) is 16.7 Å². The third kappa shape index (κ3) is 5.60. The number of anilines is 1. The second-order valence-electron chi connectivity index (χ2n) is 6.38. The van der Waals surface area contributed by atoms with E-state index in [1.54, 1.807) is 24.6 Å². The van der Waals surface area contributed by atoms with Crippen LogP contribution in [0, 0.1) is 0 Å². The van der Waals surface area contributed by atoms with Crippen LogP contribution in [-0.2, 0) is 10.0 Å². The van der Waals surface area contributed by atoms with Crippen LogP contribution in [0.15, 0.2) is 51.0 Å². The summed E-state index contributed by atoms with van der Waals surface area (Å²) in [5, 5.41) is 9.02. The van der Waals surface area contributed by atoms with Gasteiger partial charge in [0, 0.05) is 50.0 Å². The second-order valence-corrected chi connectivity index (χ2v) is 9.76. The molecule has 1 aromatic heterocycles. The molecule has 1 unspecified atom stereocenters. The molecule has 2 heterocycles. The van der Waals surface area contributed by atoms with Crippen molar-refractivity contribution < 1.29 is 8.42 Å². The van der Waals surface area contributed by atoms with E-state index in [9.17, 15) is 8.42 Å². The highest BCUT2D eigenvalue weighted by Crippen LogP contribution is 2.23. The SMILES string of the molecule is CN=C(NCCNS(=O)(=O)c1cccs1)NC1CCN(c2cccc(Cl)c2)C1. The normalized spacial score (nSPS) is 17.7. The molecule has 0 amide bonds. The Balaban J connectivity index is 1.43. The molecule has 10 heteroatoms. The number of sulfonamides is 1. The molecule has 2 aromatic rings. The summed E-state index contributed by atoms with van der Waals surface area (Å²) in [5.41, 5.74) is 1.11. The van der Waals surface area contributed by atoms with E-state index < -0.39 is 10.0 Å². The minimum Gasteiger partial charge on any atom is -0.369 e. The van der Waals surface area contributed by atoms with Crippen molar-refractivity contribution in [1.82, 2.24) is 15.4 Å². The van der Waals surface area contributed by atoms with E-state index in [-0.39, 0.29) is 12.6 Å². The summed E-state index contributed by atoms with van der Waals surface area (Å²) in [6, 6.07) is 11.4. The number of nitrogens with zero attached hydrogens (tertiary/aromatic N) is 2. The first-order valence-corrected chi connectivity index (χ1v) is 11.7.